The molecule has 0 spiro atoms. The molecular weight excluding hydrogens is 224 g/mol. The molecule has 0 saturated heterocycles. The van der Waals surface area contributed by atoms with Gasteiger partial charge in [0.05, 0.1) is 11.8 Å². The molecule has 1 fully saturated rings. The van der Waals surface area contributed by atoms with E-state index in [9.17, 15) is 5.11 Å². The predicted octanol–water partition coefficient (Wildman–Crippen LogP) is 2.67. The summed E-state index contributed by atoms with van der Waals surface area (Å²) in [5, 5.41) is 13.4. The molecule has 0 amide bonds. The molecule has 1 saturated carbocycles. The fraction of sp³-hybridized carbons (Fsp3) is 0.667. The number of aliphatic hydroxyl groups is 1. The average Bonchev–Trinajstić information content (AvgIpc) is 2.90. The van der Waals surface area contributed by atoms with Gasteiger partial charge in [-0.25, -0.2) is 0 Å². The molecule has 0 radical (unpaired) electrons. The Bertz CT molecular complexity index is 336. The monoisotopic (exact) mass is 248 g/mol. The van der Waals surface area contributed by atoms with Crippen LogP contribution in [-0.4, -0.2) is 22.7 Å². The summed E-state index contributed by atoms with van der Waals surface area (Å²) >= 11 is 0. The minimum atomic E-state index is -0.223. The lowest BCUT2D eigenvalue weighted by Gasteiger charge is -2.19. The minimum absolute atomic E-state index is 0.199. The van der Waals surface area contributed by atoms with Crippen molar-refractivity contribution in [2.75, 3.05) is 6.54 Å². The predicted molar refractivity (Wildman–Crippen MR) is 73.2 cm³/mol. The first kappa shape index (κ1) is 13.5. The van der Waals surface area contributed by atoms with E-state index in [0.717, 1.165) is 18.0 Å². The van der Waals surface area contributed by atoms with Crippen LogP contribution >= 0.6 is 0 Å². The SMILES string of the molecule is CC(NCC(O)CC1CCCC1)c1ccccn1. The van der Waals surface area contributed by atoms with E-state index in [0.29, 0.717) is 6.54 Å². The van der Waals surface area contributed by atoms with Crippen LogP contribution < -0.4 is 5.32 Å². The largest absolute Gasteiger partial charge is 0.392 e. The first-order chi connectivity index (χ1) is 8.75. The Kier molecular flexibility index (Phi) is 5.14. The lowest BCUT2D eigenvalue weighted by Crippen LogP contribution is -2.30. The molecule has 2 rings (SSSR count). The summed E-state index contributed by atoms with van der Waals surface area (Å²) in [5.74, 6) is 0.743. The zero-order chi connectivity index (χ0) is 12.8. The fourth-order valence-electron chi connectivity index (χ4n) is 2.76. The van der Waals surface area contributed by atoms with Gasteiger partial charge < -0.3 is 10.4 Å². The first-order valence-corrected chi connectivity index (χ1v) is 7.08. The molecule has 2 N–H and O–H groups in total. The Labute approximate surface area is 110 Å². The number of hydrogen-bond acceptors (Lipinski definition) is 3. The highest BCUT2D eigenvalue weighted by Crippen LogP contribution is 2.28. The van der Waals surface area contributed by atoms with Crippen molar-refractivity contribution in [1.82, 2.24) is 10.3 Å². The first-order valence-electron chi connectivity index (χ1n) is 7.08. The van der Waals surface area contributed by atoms with E-state index in [4.69, 9.17) is 0 Å². The second-order valence-electron chi connectivity index (χ2n) is 5.42. The molecule has 2 atom stereocenters. The number of nitrogens with one attached hydrogen (secondary N) is 1. The number of nitrogens with zero attached hydrogens (tertiary/aromatic N) is 1. The van der Waals surface area contributed by atoms with Crippen molar-refractivity contribution in [2.24, 2.45) is 5.92 Å². The maximum atomic E-state index is 10.0. The van der Waals surface area contributed by atoms with Gasteiger partial charge >= 0.3 is 0 Å². The third kappa shape index (κ3) is 4.07. The number of aromatic nitrogens is 1. The van der Waals surface area contributed by atoms with Crippen molar-refractivity contribution in [1.29, 1.82) is 0 Å². The molecule has 1 aromatic heterocycles. The Morgan fingerprint density at radius 3 is 2.83 bits per heavy atom. The van der Waals surface area contributed by atoms with E-state index in [-0.39, 0.29) is 12.1 Å². The van der Waals surface area contributed by atoms with Crippen molar-refractivity contribution >= 4 is 0 Å². The van der Waals surface area contributed by atoms with E-state index < -0.39 is 0 Å². The molecule has 1 aromatic rings. The average molecular weight is 248 g/mol. The minimum Gasteiger partial charge on any atom is -0.392 e. The van der Waals surface area contributed by atoms with Crippen molar-refractivity contribution in [3.05, 3.63) is 30.1 Å². The number of hydrogen-bond donors (Lipinski definition) is 2. The van der Waals surface area contributed by atoms with Gasteiger partial charge in [-0.2, -0.15) is 0 Å². The van der Waals surface area contributed by atoms with E-state index >= 15 is 0 Å². The molecule has 100 valence electrons. The Morgan fingerprint density at radius 1 is 1.39 bits per heavy atom. The molecule has 1 heterocycles. The fourth-order valence-corrected chi connectivity index (χ4v) is 2.76. The molecule has 3 heteroatoms. The summed E-state index contributed by atoms with van der Waals surface area (Å²) < 4.78 is 0. The molecule has 1 aliphatic rings. The number of rotatable bonds is 6. The van der Waals surface area contributed by atoms with Gasteiger partial charge in [0.15, 0.2) is 0 Å². The molecule has 2 unspecified atom stereocenters. The van der Waals surface area contributed by atoms with Gasteiger partial charge in [-0.1, -0.05) is 31.7 Å². The second kappa shape index (κ2) is 6.86. The zero-order valence-electron chi connectivity index (χ0n) is 11.2. The van der Waals surface area contributed by atoms with Gasteiger partial charge in [0, 0.05) is 18.8 Å². The van der Waals surface area contributed by atoms with Gasteiger partial charge in [0.2, 0.25) is 0 Å². The standard InChI is InChI=1S/C15H24N2O/c1-12(15-8-4-5-9-16-15)17-11-14(18)10-13-6-2-3-7-13/h4-5,8-9,12-14,17-18H,2-3,6-7,10-11H2,1H3. The normalized spacial score (nSPS) is 19.9. The van der Waals surface area contributed by atoms with Crippen molar-refractivity contribution < 1.29 is 5.11 Å². The smallest absolute Gasteiger partial charge is 0.0667 e. The molecule has 18 heavy (non-hydrogen) atoms. The van der Waals surface area contributed by atoms with Crippen molar-refractivity contribution in [2.45, 2.75) is 51.2 Å². The Morgan fingerprint density at radius 2 is 2.17 bits per heavy atom. The maximum absolute atomic E-state index is 10.0. The van der Waals surface area contributed by atoms with Crippen LogP contribution in [0, 0.1) is 5.92 Å². The maximum Gasteiger partial charge on any atom is 0.0667 e. The Balaban J connectivity index is 1.70. The van der Waals surface area contributed by atoms with Gasteiger partial charge in [0.25, 0.3) is 0 Å². The van der Waals surface area contributed by atoms with Crippen LogP contribution in [-0.2, 0) is 0 Å². The van der Waals surface area contributed by atoms with Crippen molar-refractivity contribution in [3.8, 4) is 0 Å². The Hall–Kier alpha value is -0.930. The van der Waals surface area contributed by atoms with Gasteiger partial charge in [-0.05, 0) is 31.4 Å². The molecule has 3 nitrogen and oxygen atoms in total. The topological polar surface area (TPSA) is 45.1 Å². The highest BCUT2D eigenvalue weighted by Gasteiger charge is 2.19. The van der Waals surface area contributed by atoms with Crippen LogP contribution in [0.1, 0.15) is 50.8 Å². The lowest BCUT2D eigenvalue weighted by atomic mass is 10.00. The highest BCUT2D eigenvalue weighted by molar-refractivity contribution is 5.07. The summed E-state index contributed by atoms with van der Waals surface area (Å²) in [6.07, 6.45) is 7.81. The van der Waals surface area contributed by atoms with E-state index in [1.165, 1.54) is 25.7 Å². The van der Waals surface area contributed by atoms with Crippen LogP contribution in [0.3, 0.4) is 0 Å². The van der Waals surface area contributed by atoms with Crippen LogP contribution in [0.4, 0.5) is 0 Å². The lowest BCUT2D eigenvalue weighted by molar-refractivity contribution is 0.137. The molecule has 0 bridgehead atoms. The highest BCUT2D eigenvalue weighted by atomic mass is 16.3. The van der Waals surface area contributed by atoms with Crippen LogP contribution in [0.25, 0.3) is 0 Å². The van der Waals surface area contributed by atoms with E-state index in [1.807, 2.05) is 24.4 Å². The van der Waals surface area contributed by atoms with Gasteiger partial charge in [0.1, 0.15) is 0 Å². The van der Waals surface area contributed by atoms with Crippen LogP contribution in [0.15, 0.2) is 24.4 Å². The number of aliphatic hydroxyl groups excluding tert-OH is 1. The van der Waals surface area contributed by atoms with Crippen LogP contribution in [0.5, 0.6) is 0 Å². The molecule has 0 aliphatic heterocycles. The zero-order valence-corrected chi connectivity index (χ0v) is 11.2. The summed E-state index contributed by atoms with van der Waals surface area (Å²) in [5.41, 5.74) is 1.03. The van der Waals surface area contributed by atoms with Crippen molar-refractivity contribution in [3.63, 3.8) is 0 Å². The second-order valence-corrected chi connectivity index (χ2v) is 5.42. The summed E-state index contributed by atoms with van der Waals surface area (Å²) in [6, 6.07) is 6.13. The van der Waals surface area contributed by atoms with E-state index in [2.05, 4.69) is 17.2 Å². The molecular formula is C15H24N2O. The number of pyridine rings is 1. The van der Waals surface area contributed by atoms with E-state index in [1.54, 1.807) is 0 Å². The van der Waals surface area contributed by atoms with Gasteiger partial charge in [-0.3, -0.25) is 4.98 Å². The van der Waals surface area contributed by atoms with Crippen LogP contribution in [0.2, 0.25) is 0 Å². The third-order valence-electron chi connectivity index (χ3n) is 3.87. The third-order valence-corrected chi connectivity index (χ3v) is 3.87. The molecule has 1 aliphatic carbocycles. The van der Waals surface area contributed by atoms with Gasteiger partial charge in [-0.15, -0.1) is 0 Å². The quantitative estimate of drug-likeness (QED) is 0.813. The summed E-state index contributed by atoms with van der Waals surface area (Å²) in [6.45, 7) is 2.75. The summed E-state index contributed by atoms with van der Waals surface area (Å²) in [7, 11) is 0. The molecule has 0 aromatic carbocycles. The summed E-state index contributed by atoms with van der Waals surface area (Å²) in [4.78, 5) is 4.32.